The zero-order valence-corrected chi connectivity index (χ0v) is 17.9. The monoisotopic (exact) mass is 488 g/mol. The molecule has 34 heavy (non-hydrogen) atoms. The van der Waals surface area contributed by atoms with E-state index in [0.29, 0.717) is 0 Å². The minimum absolute atomic E-state index is 0.103. The molecule has 1 aromatic heterocycles. The molecule has 0 saturated heterocycles. The second-order valence-electron chi connectivity index (χ2n) is 7.16. The summed E-state index contributed by atoms with van der Waals surface area (Å²) in [5, 5.41) is 20.5. The number of nitro groups is 1. The number of hydrogen-bond acceptors (Lipinski definition) is 5. The molecule has 0 aliphatic rings. The third-order valence-electron chi connectivity index (χ3n) is 4.98. The Bertz CT molecular complexity index is 1480. The molecule has 0 aliphatic heterocycles. The molecule has 0 fully saturated rings. The summed E-state index contributed by atoms with van der Waals surface area (Å²) in [5.74, 6) is 0. The molecule has 0 bridgehead atoms. The molecular formula is C22H15F3N4O4S. The first-order valence-corrected chi connectivity index (χ1v) is 11.2. The van der Waals surface area contributed by atoms with Gasteiger partial charge in [0.1, 0.15) is 5.69 Å². The first kappa shape index (κ1) is 23.1. The van der Waals surface area contributed by atoms with E-state index in [0.717, 1.165) is 22.9 Å². The van der Waals surface area contributed by atoms with Gasteiger partial charge in [-0.2, -0.15) is 18.3 Å². The van der Waals surface area contributed by atoms with Crippen LogP contribution in [0.2, 0.25) is 0 Å². The molecule has 0 amide bonds. The lowest BCUT2D eigenvalue weighted by molar-refractivity contribution is -0.384. The molecule has 174 valence electrons. The number of halogens is 3. The SMILES string of the molecule is NS(=O)(=O)c1ccc(-c2c(-c3ccccc3)c(C(F)(F)F)nn2-c2ccccc2[N+](=O)[O-])cc1. The highest BCUT2D eigenvalue weighted by Gasteiger charge is 2.40. The van der Waals surface area contributed by atoms with Crippen molar-refractivity contribution in [1.82, 2.24) is 9.78 Å². The van der Waals surface area contributed by atoms with E-state index in [1.54, 1.807) is 18.2 Å². The van der Waals surface area contributed by atoms with Gasteiger partial charge in [0.25, 0.3) is 5.69 Å². The minimum atomic E-state index is -4.89. The second-order valence-corrected chi connectivity index (χ2v) is 8.72. The van der Waals surface area contributed by atoms with E-state index in [9.17, 15) is 31.7 Å². The van der Waals surface area contributed by atoms with E-state index in [-0.39, 0.29) is 33.0 Å². The first-order valence-electron chi connectivity index (χ1n) is 9.61. The standard InChI is InChI=1S/C22H15F3N4O4S/c23-22(24,25)21-19(14-6-2-1-3-7-14)20(15-10-12-16(13-11-15)34(26,32)33)28(27-21)17-8-4-5-9-18(17)29(30)31/h1-13H,(H2,26,32,33). The summed E-state index contributed by atoms with van der Waals surface area (Å²) < 4.78 is 66.6. The lowest BCUT2D eigenvalue weighted by Crippen LogP contribution is -2.11. The molecule has 8 nitrogen and oxygen atoms in total. The number of nitrogens with two attached hydrogens (primary N) is 1. The van der Waals surface area contributed by atoms with Crippen LogP contribution >= 0.6 is 0 Å². The smallest absolute Gasteiger partial charge is 0.258 e. The van der Waals surface area contributed by atoms with Gasteiger partial charge in [-0.05, 0) is 23.8 Å². The molecule has 0 spiro atoms. The average Bonchev–Trinajstić information content (AvgIpc) is 3.20. The maximum atomic E-state index is 14.1. The van der Waals surface area contributed by atoms with Crippen molar-refractivity contribution in [3.63, 3.8) is 0 Å². The Morgan fingerprint density at radius 2 is 1.47 bits per heavy atom. The van der Waals surface area contributed by atoms with E-state index in [1.165, 1.54) is 42.5 Å². The topological polar surface area (TPSA) is 121 Å². The Balaban J connectivity index is 2.13. The van der Waals surface area contributed by atoms with Crippen molar-refractivity contribution < 1.29 is 26.5 Å². The van der Waals surface area contributed by atoms with Crippen LogP contribution in [0.1, 0.15) is 5.69 Å². The number of primary sulfonamides is 1. The number of sulfonamides is 1. The number of para-hydroxylation sites is 2. The van der Waals surface area contributed by atoms with Gasteiger partial charge in [0, 0.05) is 17.2 Å². The largest absolute Gasteiger partial charge is 0.435 e. The fourth-order valence-corrected chi connectivity index (χ4v) is 4.05. The minimum Gasteiger partial charge on any atom is -0.258 e. The van der Waals surface area contributed by atoms with Crippen LogP contribution in [-0.2, 0) is 16.2 Å². The molecule has 4 rings (SSSR count). The number of hydrogen-bond donors (Lipinski definition) is 1. The summed E-state index contributed by atoms with van der Waals surface area (Å²) in [5.41, 5.74) is -1.99. The van der Waals surface area contributed by atoms with Gasteiger partial charge < -0.3 is 0 Å². The Hall–Kier alpha value is -4.03. The summed E-state index contributed by atoms with van der Waals surface area (Å²) in [6.45, 7) is 0. The van der Waals surface area contributed by atoms with Gasteiger partial charge in [0.15, 0.2) is 5.69 Å². The lowest BCUT2D eigenvalue weighted by Gasteiger charge is -2.12. The number of nitrogens with zero attached hydrogens (tertiary/aromatic N) is 3. The van der Waals surface area contributed by atoms with Gasteiger partial charge in [0.2, 0.25) is 10.0 Å². The maximum absolute atomic E-state index is 14.1. The Morgan fingerprint density at radius 3 is 2.03 bits per heavy atom. The summed E-state index contributed by atoms with van der Waals surface area (Å²) in [4.78, 5) is 10.7. The summed E-state index contributed by atoms with van der Waals surface area (Å²) >= 11 is 0. The molecule has 12 heteroatoms. The van der Waals surface area contributed by atoms with Gasteiger partial charge in [0.05, 0.1) is 15.5 Å². The predicted octanol–water partition coefficient (Wildman–Crippen LogP) is 4.78. The highest BCUT2D eigenvalue weighted by atomic mass is 32.2. The third-order valence-corrected chi connectivity index (χ3v) is 5.91. The van der Waals surface area contributed by atoms with E-state index < -0.39 is 32.5 Å². The van der Waals surface area contributed by atoms with E-state index >= 15 is 0 Å². The first-order chi connectivity index (χ1) is 16.0. The van der Waals surface area contributed by atoms with Crippen molar-refractivity contribution >= 4 is 15.7 Å². The summed E-state index contributed by atoms with van der Waals surface area (Å²) in [6, 6.07) is 17.7. The molecule has 0 radical (unpaired) electrons. The molecule has 0 unspecified atom stereocenters. The van der Waals surface area contributed by atoms with Crippen molar-refractivity contribution in [3.05, 3.63) is 94.7 Å². The maximum Gasteiger partial charge on any atom is 0.435 e. The predicted molar refractivity (Wildman–Crippen MR) is 117 cm³/mol. The Kier molecular flexibility index (Phi) is 5.71. The fraction of sp³-hybridized carbons (Fsp3) is 0.0455. The van der Waals surface area contributed by atoms with Crippen molar-refractivity contribution in [2.75, 3.05) is 0 Å². The zero-order chi connectivity index (χ0) is 24.7. The van der Waals surface area contributed by atoms with Crippen molar-refractivity contribution in [3.8, 4) is 28.1 Å². The molecule has 0 atom stereocenters. The summed E-state index contributed by atoms with van der Waals surface area (Å²) in [6.07, 6.45) is -4.89. The molecule has 0 aliphatic carbocycles. The lowest BCUT2D eigenvalue weighted by atomic mass is 9.98. The quantitative estimate of drug-likeness (QED) is 0.320. The molecule has 4 aromatic rings. The van der Waals surface area contributed by atoms with Gasteiger partial charge in [-0.25, -0.2) is 18.2 Å². The highest BCUT2D eigenvalue weighted by Crippen LogP contribution is 2.44. The van der Waals surface area contributed by atoms with Gasteiger partial charge in [-0.1, -0.05) is 54.6 Å². The zero-order valence-electron chi connectivity index (χ0n) is 17.1. The molecule has 2 N–H and O–H groups in total. The van der Waals surface area contributed by atoms with Crippen molar-refractivity contribution in [1.29, 1.82) is 0 Å². The number of nitro benzene ring substituents is 1. The van der Waals surface area contributed by atoms with Crippen molar-refractivity contribution in [2.45, 2.75) is 11.1 Å². The molecule has 1 heterocycles. The van der Waals surface area contributed by atoms with Crippen LogP contribution < -0.4 is 5.14 Å². The number of benzene rings is 3. The van der Waals surface area contributed by atoms with Crippen LogP contribution in [-0.4, -0.2) is 23.1 Å². The van der Waals surface area contributed by atoms with E-state index in [1.807, 2.05) is 0 Å². The van der Waals surface area contributed by atoms with Crippen LogP contribution in [0.3, 0.4) is 0 Å². The Labute approximate surface area is 191 Å². The number of aromatic nitrogens is 2. The number of alkyl halides is 3. The second kappa shape index (κ2) is 8.39. The third kappa shape index (κ3) is 4.28. The van der Waals surface area contributed by atoms with E-state index in [4.69, 9.17) is 5.14 Å². The molecule has 3 aromatic carbocycles. The van der Waals surface area contributed by atoms with E-state index in [2.05, 4.69) is 5.10 Å². The van der Waals surface area contributed by atoms with Crippen LogP contribution in [0.4, 0.5) is 18.9 Å². The van der Waals surface area contributed by atoms with Crippen molar-refractivity contribution in [2.24, 2.45) is 5.14 Å². The number of rotatable bonds is 5. The summed E-state index contributed by atoms with van der Waals surface area (Å²) in [7, 11) is -4.05. The fourth-order valence-electron chi connectivity index (χ4n) is 3.54. The van der Waals surface area contributed by atoms with Gasteiger partial charge >= 0.3 is 6.18 Å². The molecule has 0 saturated carbocycles. The average molecular weight is 488 g/mol. The van der Waals surface area contributed by atoms with Gasteiger partial charge in [-0.3, -0.25) is 10.1 Å². The normalized spacial score (nSPS) is 12.0. The van der Waals surface area contributed by atoms with Crippen LogP contribution in [0.5, 0.6) is 0 Å². The van der Waals surface area contributed by atoms with Crippen LogP contribution in [0, 0.1) is 10.1 Å². The Morgan fingerprint density at radius 1 is 0.882 bits per heavy atom. The van der Waals surface area contributed by atoms with Crippen LogP contribution in [0.15, 0.2) is 83.8 Å². The molecular weight excluding hydrogens is 473 g/mol. The van der Waals surface area contributed by atoms with Gasteiger partial charge in [-0.15, -0.1) is 0 Å². The highest BCUT2D eigenvalue weighted by molar-refractivity contribution is 7.89. The van der Waals surface area contributed by atoms with Crippen LogP contribution in [0.25, 0.3) is 28.1 Å².